The van der Waals surface area contributed by atoms with Crippen LogP contribution < -0.4 is 5.11 Å². The molecule has 0 aliphatic heterocycles. The number of carbonyl (C=O) groups excluding carboxylic acids is 2. The number of para-hydroxylation sites is 1. The van der Waals surface area contributed by atoms with Gasteiger partial charge >= 0.3 is 5.97 Å². The lowest BCUT2D eigenvalue weighted by Crippen LogP contribution is -2.23. The molecule has 0 aliphatic rings. The molecule has 29 heavy (non-hydrogen) atoms. The summed E-state index contributed by atoms with van der Waals surface area (Å²) in [7, 11) is 0. The van der Waals surface area contributed by atoms with Crippen LogP contribution in [0.4, 0.5) is 0 Å². The number of ether oxygens (including phenoxy) is 1. The van der Waals surface area contributed by atoms with Crippen molar-refractivity contribution >= 4 is 40.7 Å². The monoisotopic (exact) mass is 413 g/mol. The zero-order valence-corrected chi connectivity index (χ0v) is 17.2. The van der Waals surface area contributed by atoms with Crippen LogP contribution in [0.3, 0.4) is 0 Å². The predicted molar refractivity (Wildman–Crippen MR) is 108 cm³/mol. The van der Waals surface area contributed by atoms with E-state index in [1.807, 2.05) is 42.7 Å². The molecule has 152 valence electrons. The van der Waals surface area contributed by atoms with Crippen molar-refractivity contribution < 1.29 is 19.4 Å². The van der Waals surface area contributed by atoms with Gasteiger partial charge in [-0.05, 0) is 37.8 Å². The van der Waals surface area contributed by atoms with Crippen LogP contribution in [-0.2, 0) is 27.3 Å². The topological polar surface area (TPSA) is 113 Å². The van der Waals surface area contributed by atoms with Gasteiger partial charge in [-0.15, -0.1) is 5.10 Å². The molecule has 0 saturated heterocycles. The molecule has 0 atom stereocenters. The molecule has 3 aromatic rings. The van der Waals surface area contributed by atoms with Crippen molar-refractivity contribution in [3.8, 4) is 0 Å². The van der Waals surface area contributed by atoms with Crippen LogP contribution in [0.2, 0.25) is 0 Å². The summed E-state index contributed by atoms with van der Waals surface area (Å²) >= 11 is 0.921. The fourth-order valence-corrected chi connectivity index (χ4v) is 3.72. The minimum Gasteiger partial charge on any atom is -0.544 e. The first-order valence-electron chi connectivity index (χ1n) is 9.20. The molecule has 0 saturated carbocycles. The molecule has 0 unspecified atom stereocenters. The minimum atomic E-state index is -1.32. The van der Waals surface area contributed by atoms with Crippen molar-refractivity contribution in [2.75, 3.05) is 6.61 Å². The number of thioether (sulfide) groups is 1. The number of hydrogen-bond donors (Lipinski definition) is 1. The normalized spacial score (nSPS) is 11.8. The number of hydrogen-bond acceptors (Lipinski definition) is 7. The van der Waals surface area contributed by atoms with Crippen LogP contribution in [-0.4, -0.2) is 38.3 Å². The van der Waals surface area contributed by atoms with E-state index in [9.17, 15) is 14.7 Å². The van der Waals surface area contributed by atoms with Gasteiger partial charge in [0.2, 0.25) is 5.16 Å². The minimum absolute atomic E-state index is 0.0196. The molecule has 0 radical (unpaired) electrons. The summed E-state index contributed by atoms with van der Waals surface area (Å²) in [5.74, 6) is -0.999. The summed E-state index contributed by atoms with van der Waals surface area (Å²) in [6.45, 7) is 5.86. The number of aliphatic carboxylic acids is 1. The van der Waals surface area contributed by atoms with Gasteiger partial charge in [-0.3, -0.25) is 9.89 Å². The molecule has 2 aromatic heterocycles. The summed E-state index contributed by atoms with van der Waals surface area (Å²) in [5, 5.41) is 19.7. The fourth-order valence-electron chi connectivity index (χ4n) is 3.02. The third-order valence-electron chi connectivity index (χ3n) is 4.40. The van der Waals surface area contributed by atoms with E-state index >= 15 is 0 Å². The number of fused-ring (bicyclic) bond motifs is 1. The van der Waals surface area contributed by atoms with Crippen LogP contribution >= 0.6 is 11.8 Å². The molecule has 8 nitrogen and oxygen atoms in total. The number of nitrogens with zero attached hydrogens (tertiary/aromatic N) is 3. The molecule has 0 aliphatic carbocycles. The predicted octanol–water partition coefficient (Wildman–Crippen LogP) is 2.08. The third-order valence-corrected chi connectivity index (χ3v) is 5.27. The van der Waals surface area contributed by atoms with Gasteiger partial charge in [0, 0.05) is 33.5 Å². The van der Waals surface area contributed by atoms with Gasteiger partial charge in [-0.25, -0.2) is 4.98 Å². The summed E-state index contributed by atoms with van der Waals surface area (Å²) in [6, 6.07) is 7.50. The van der Waals surface area contributed by atoms with Crippen LogP contribution in [0, 0.1) is 6.92 Å². The number of carboxylic acid groups (broad SMARTS) is 1. The van der Waals surface area contributed by atoms with Crippen molar-refractivity contribution in [1.29, 1.82) is 0 Å². The summed E-state index contributed by atoms with van der Waals surface area (Å²) in [6.07, 6.45) is 2.21. The Morgan fingerprint density at radius 1 is 1.31 bits per heavy atom. The Balaban J connectivity index is 2.05. The summed E-state index contributed by atoms with van der Waals surface area (Å²) < 4.78 is 6.88. The van der Waals surface area contributed by atoms with E-state index in [-0.39, 0.29) is 17.4 Å². The summed E-state index contributed by atoms with van der Waals surface area (Å²) in [5.41, 5.74) is 2.27. The molecule has 0 amide bonds. The number of benzene rings is 1. The molecule has 2 heterocycles. The Morgan fingerprint density at radius 3 is 2.72 bits per heavy atom. The van der Waals surface area contributed by atoms with Crippen LogP contribution in [0.25, 0.3) is 17.0 Å². The molecule has 0 spiro atoms. The van der Waals surface area contributed by atoms with E-state index in [4.69, 9.17) is 4.74 Å². The summed E-state index contributed by atoms with van der Waals surface area (Å²) in [4.78, 5) is 28.0. The van der Waals surface area contributed by atoms with Gasteiger partial charge in [0.15, 0.2) is 0 Å². The lowest BCUT2D eigenvalue weighted by atomic mass is 10.1. The van der Waals surface area contributed by atoms with Gasteiger partial charge in [-0.1, -0.05) is 25.1 Å². The maximum atomic E-state index is 12.0. The molecule has 9 heteroatoms. The number of nitrogens with one attached hydrogen (secondary N) is 1. The second-order valence-electron chi connectivity index (χ2n) is 6.22. The Labute approximate surface area is 172 Å². The first-order chi connectivity index (χ1) is 13.9. The lowest BCUT2D eigenvalue weighted by molar-refractivity contribution is -0.298. The highest BCUT2D eigenvalue weighted by atomic mass is 32.2. The molecular formula is C20H21N4O4S-. The number of esters is 1. The number of carboxylic acids is 1. The molecule has 0 bridgehead atoms. The van der Waals surface area contributed by atoms with E-state index < -0.39 is 5.97 Å². The Hall–Kier alpha value is -3.07. The van der Waals surface area contributed by atoms with Crippen LogP contribution in [0.1, 0.15) is 30.9 Å². The molecule has 0 fully saturated rings. The quantitative estimate of drug-likeness (QED) is 0.342. The van der Waals surface area contributed by atoms with Crippen molar-refractivity contribution in [3.63, 3.8) is 0 Å². The molecule has 3 rings (SSSR count). The van der Waals surface area contributed by atoms with Gasteiger partial charge in [-0.2, -0.15) is 0 Å². The van der Waals surface area contributed by atoms with Gasteiger partial charge in [0.1, 0.15) is 12.4 Å². The van der Waals surface area contributed by atoms with Crippen molar-refractivity contribution in [1.82, 2.24) is 19.7 Å². The Morgan fingerprint density at radius 2 is 2.07 bits per heavy atom. The third kappa shape index (κ3) is 4.51. The highest BCUT2D eigenvalue weighted by molar-refractivity contribution is 8.04. The van der Waals surface area contributed by atoms with Gasteiger partial charge in [0.05, 0.1) is 12.6 Å². The first-order valence-corrected chi connectivity index (χ1v) is 10.0. The maximum absolute atomic E-state index is 12.0. The standard InChI is InChI=1S/C20H22N4O4S/c1-4-17-21-20(23-22-17)29-16(19(26)27)10-14-12(3)24(11-18(25)28-5-2)15-9-7-6-8-13(14)15/h6-10H,4-5,11H2,1-3H3,(H,26,27)(H,21,22,23)/p-1/b16-10-. The van der Waals surface area contributed by atoms with Crippen molar-refractivity contribution in [3.05, 3.63) is 46.3 Å². The smallest absolute Gasteiger partial charge is 0.325 e. The van der Waals surface area contributed by atoms with E-state index in [0.29, 0.717) is 29.6 Å². The van der Waals surface area contributed by atoms with Gasteiger partial charge in [0.25, 0.3) is 0 Å². The van der Waals surface area contributed by atoms with E-state index in [1.54, 1.807) is 13.0 Å². The average Bonchev–Trinajstić information content (AvgIpc) is 3.26. The Bertz CT molecular complexity index is 1080. The van der Waals surface area contributed by atoms with E-state index in [0.717, 1.165) is 28.4 Å². The van der Waals surface area contributed by atoms with E-state index in [1.165, 1.54) is 0 Å². The number of aromatic nitrogens is 4. The van der Waals surface area contributed by atoms with Crippen molar-refractivity contribution in [2.24, 2.45) is 0 Å². The zero-order valence-electron chi connectivity index (χ0n) is 16.4. The van der Waals surface area contributed by atoms with Crippen molar-refractivity contribution in [2.45, 2.75) is 38.9 Å². The highest BCUT2D eigenvalue weighted by Crippen LogP contribution is 2.31. The number of H-pyrrole nitrogens is 1. The molecule has 1 aromatic carbocycles. The maximum Gasteiger partial charge on any atom is 0.325 e. The lowest BCUT2D eigenvalue weighted by Gasteiger charge is -2.08. The molecular weight excluding hydrogens is 392 g/mol. The van der Waals surface area contributed by atoms with E-state index in [2.05, 4.69) is 15.2 Å². The largest absolute Gasteiger partial charge is 0.544 e. The highest BCUT2D eigenvalue weighted by Gasteiger charge is 2.17. The number of rotatable bonds is 8. The number of aryl methyl sites for hydroxylation is 1. The second-order valence-corrected chi connectivity index (χ2v) is 7.23. The number of aromatic amines is 1. The SMILES string of the molecule is CCOC(=O)Cn1c(C)c(/C=C(\Sc2n[nH]c(CC)n2)C(=O)[O-])c2ccccc21. The second kappa shape index (κ2) is 8.95. The van der Waals surface area contributed by atoms with Crippen LogP contribution in [0.5, 0.6) is 0 Å². The Kier molecular flexibility index (Phi) is 6.38. The van der Waals surface area contributed by atoms with Crippen LogP contribution in [0.15, 0.2) is 34.3 Å². The first kappa shape index (κ1) is 20.7. The zero-order chi connectivity index (χ0) is 21.0. The number of carbonyl (C=O) groups is 2. The van der Waals surface area contributed by atoms with Gasteiger partial charge < -0.3 is 19.2 Å². The fraction of sp³-hybridized carbons (Fsp3) is 0.300. The average molecular weight is 413 g/mol. The molecule has 1 N–H and O–H groups in total.